The fraction of sp³-hybridized carbons (Fsp3) is 0.714. The lowest BCUT2D eigenvalue weighted by molar-refractivity contribution is -0.357. The van der Waals surface area contributed by atoms with Crippen LogP contribution in [0.15, 0.2) is 0 Å². The van der Waals surface area contributed by atoms with Crippen LogP contribution in [0.5, 0.6) is 0 Å². The Bertz CT molecular complexity index is 1200. The minimum absolute atomic E-state index is 0.590. The maximum absolute atomic E-state index is 12.3. The van der Waals surface area contributed by atoms with E-state index in [2.05, 4.69) is 0 Å². The van der Waals surface area contributed by atoms with Gasteiger partial charge >= 0.3 is 47.8 Å². The number of ether oxygens (including phenoxy) is 11. The average molecular weight is 679 g/mol. The van der Waals surface area contributed by atoms with E-state index in [1.54, 1.807) is 0 Å². The van der Waals surface area contributed by atoms with Crippen molar-refractivity contribution in [1.82, 2.24) is 0 Å². The second-order valence-corrected chi connectivity index (χ2v) is 10.3. The second-order valence-electron chi connectivity index (χ2n) is 10.3. The summed E-state index contributed by atoms with van der Waals surface area (Å²) in [6, 6.07) is 0. The van der Waals surface area contributed by atoms with E-state index in [0.29, 0.717) is 0 Å². The zero-order chi connectivity index (χ0) is 35.6. The molecule has 0 N–H and O–H groups in total. The van der Waals surface area contributed by atoms with Crippen molar-refractivity contribution < 1.29 is 90.5 Å². The third kappa shape index (κ3) is 12.1. The van der Waals surface area contributed by atoms with Gasteiger partial charge in [-0.3, -0.25) is 38.4 Å². The van der Waals surface area contributed by atoms with Crippen LogP contribution in [0.25, 0.3) is 0 Å². The van der Waals surface area contributed by atoms with Crippen molar-refractivity contribution in [3.8, 4) is 0 Å². The molecule has 19 heteroatoms. The molecule has 0 aromatic heterocycles. The van der Waals surface area contributed by atoms with Gasteiger partial charge in [-0.2, -0.15) is 0 Å². The monoisotopic (exact) mass is 678 g/mol. The van der Waals surface area contributed by atoms with Gasteiger partial charge in [-0.25, -0.2) is 0 Å². The van der Waals surface area contributed by atoms with Crippen LogP contribution in [0.4, 0.5) is 0 Å². The molecule has 19 nitrogen and oxygen atoms in total. The highest BCUT2D eigenvalue weighted by Gasteiger charge is 2.58. The van der Waals surface area contributed by atoms with Crippen LogP contribution in [0.3, 0.4) is 0 Å². The molecule has 0 radical (unpaired) electrons. The normalized spacial score (nSPS) is 30.0. The highest BCUT2D eigenvalue weighted by atomic mass is 16.8. The van der Waals surface area contributed by atoms with Crippen LogP contribution in [0, 0.1) is 0 Å². The summed E-state index contributed by atoms with van der Waals surface area (Å²) in [5.41, 5.74) is 0. The second kappa shape index (κ2) is 17.5. The van der Waals surface area contributed by atoms with Crippen molar-refractivity contribution in [3.05, 3.63) is 0 Å². The Morgan fingerprint density at radius 2 is 0.702 bits per heavy atom. The van der Waals surface area contributed by atoms with Crippen molar-refractivity contribution in [2.75, 3.05) is 13.2 Å². The van der Waals surface area contributed by atoms with E-state index in [-0.39, 0.29) is 0 Å². The van der Waals surface area contributed by atoms with Crippen molar-refractivity contribution in [2.24, 2.45) is 0 Å². The zero-order valence-electron chi connectivity index (χ0n) is 26.9. The summed E-state index contributed by atoms with van der Waals surface area (Å²) in [5.74, 6) is -7.02. The molecule has 47 heavy (non-hydrogen) atoms. The van der Waals surface area contributed by atoms with Crippen LogP contribution in [-0.4, -0.2) is 122 Å². The Morgan fingerprint density at radius 1 is 0.383 bits per heavy atom. The van der Waals surface area contributed by atoms with Crippen molar-refractivity contribution in [3.63, 3.8) is 0 Å². The van der Waals surface area contributed by atoms with E-state index in [0.717, 1.165) is 55.4 Å². The molecular weight excluding hydrogens is 640 g/mol. The molecule has 10 atom stereocenters. The third-order valence-corrected chi connectivity index (χ3v) is 6.17. The SMILES string of the molecule is CC(=O)OC[C@H]1O[C@@H](O[C@H]2[C@H](OC(C)=O)[C@H](OC(C)=O)[C@H](OC(C)=O)O[C@@H]2COC(C)=O)[C@H](OC(C)=O)[C@@H](OC(C)=O)[C@H]1OC(C)=O. The van der Waals surface area contributed by atoms with Gasteiger partial charge in [-0.15, -0.1) is 0 Å². The fourth-order valence-corrected chi connectivity index (χ4v) is 4.73. The Kier molecular flexibility index (Phi) is 14.5. The summed E-state index contributed by atoms with van der Waals surface area (Å²) in [7, 11) is 0. The van der Waals surface area contributed by atoms with Gasteiger partial charge in [-0.05, 0) is 0 Å². The maximum atomic E-state index is 12.3. The van der Waals surface area contributed by atoms with Gasteiger partial charge in [0.2, 0.25) is 12.4 Å². The van der Waals surface area contributed by atoms with Gasteiger partial charge in [0.15, 0.2) is 30.7 Å². The quantitative estimate of drug-likeness (QED) is 0.181. The smallest absolute Gasteiger partial charge is 0.305 e. The Balaban J connectivity index is 2.73. The Hall–Kier alpha value is -4.36. The summed E-state index contributed by atoms with van der Waals surface area (Å²) in [6.45, 7) is 7.05. The largest absolute Gasteiger partial charge is 0.463 e. The molecule has 2 fully saturated rings. The molecule has 0 spiro atoms. The molecule has 0 aromatic rings. The Labute approximate surface area is 268 Å². The lowest BCUT2D eigenvalue weighted by atomic mass is 9.96. The average Bonchev–Trinajstić information content (AvgIpc) is 2.91. The van der Waals surface area contributed by atoms with Gasteiger partial charge in [0.1, 0.15) is 31.5 Å². The number of carbonyl (C=O) groups excluding carboxylic acids is 8. The maximum Gasteiger partial charge on any atom is 0.305 e. The van der Waals surface area contributed by atoms with Crippen molar-refractivity contribution in [1.29, 1.82) is 0 Å². The van der Waals surface area contributed by atoms with E-state index in [1.165, 1.54) is 0 Å². The minimum atomic E-state index is -1.83. The third-order valence-electron chi connectivity index (χ3n) is 6.17. The van der Waals surface area contributed by atoms with Gasteiger partial charge in [0.05, 0.1) is 0 Å². The molecule has 264 valence electrons. The molecule has 2 rings (SSSR count). The highest BCUT2D eigenvalue weighted by Crippen LogP contribution is 2.35. The molecule has 0 aliphatic carbocycles. The van der Waals surface area contributed by atoms with E-state index in [1.807, 2.05) is 0 Å². The number of rotatable bonds is 12. The number of carbonyl (C=O) groups is 8. The first kappa shape index (κ1) is 38.8. The van der Waals surface area contributed by atoms with E-state index >= 15 is 0 Å². The van der Waals surface area contributed by atoms with Crippen molar-refractivity contribution in [2.45, 2.75) is 117 Å². The molecule has 0 unspecified atom stereocenters. The topological polar surface area (TPSA) is 238 Å². The van der Waals surface area contributed by atoms with Gasteiger partial charge in [0.25, 0.3) is 0 Å². The molecule has 0 bridgehead atoms. The van der Waals surface area contributed by atoms with Gasteiger partial charge in [-0.1, -0.05) is 0 Å². The predicted octanol–water partition coefficient (Wildman–Crippen LogP) is -0.831. The highest BCUT2D eigenvalue weighted by molar-refractivity contribution is 5.70. The molecule has 0 aromatic carbocycles. The van der Waals surface area contributed by atoms with Gasteiger partial charge < -0.3 is 52.1 Å². The van der Waals surface area contributed by atoms with Crippen LogP contribution in [0.1, 0.15) is 55.4 Å². The van der Waals surface area contributed by atoms with Crippen LogP contribution in [-0.2, 0) is 90.5 Å². The van der Waals surface area contributed by atoms with Crippen LogP contribution in [0.2, 0.25) is 0 Å². The summed E-state index contributed by atoms with van der Waals surface area (Å²) >= 11 is 0. The molecule has 2 saturated heterocycles. The summed E-state index contributed by atoms with van der Waals surface area (Å²) in [5, 5.41) is 0. The number of esters is 8. The number of hydrogen-bond donors (Lipinski definition) is 0. The van der Waals surface area contributed by atoms with E-state index in [9.17, 15) is 38.4 Å². The molecule has 0 saturated carbocycles. The molecule has 0 amide bonds. The zero-order valence-corrected chi connectivity index (χ0v) is 26.9. The fourth-order valence-electron chi connectivity index (χ4n) is 4.73. The first-order valence-corrected chi connectivity index (χ1v) is 14.2. The van der Waals surface area contributed by atoms with Gasteiger partial charge in [0, 0.05) is 55.4 Å². The van der Waals surface area contributed by atoms with Crippen LogP contribution >= 0.6 is 0 Å². The molecule has 2 aliphatic heterocycles. The lowest BCUT2D eigenvalue weighted by Crippen LogP contribution is -2.67. The molecule has 2 aliphatic rings. The predicted molar refractivity (Wildman–Crippen MR) is 145 cm³/mol. The molecule has 2 heterocycles. The number of hydrogen-bond acceptors (Lipinski definition) is 19. The first-order valence-electron chi connectivity index (χ1n) is 14.2. The van der Waals surface area contributed by atoms with Crippen LogP contribution < -0.4 is 0 Å². The lowest BCUT2D eigenvalue weighted by Gasteiger charge is -2.48. The summed E-state index contributed by atoms with van der Waals surface area (Å²) in [4.78, 5) is 96.3. The summed E-state index contributed by atoms with van der Waals surface area (Å²) in [6.07, 6.45) is -16.3. The Morgan fingerprint density at radius 3 is 1.11 bits per heavy atom. The first-order chi connectivity index (χ1) is 21.9. The molecular formula is C28H38O19. The summed E-state index contributed by atoms with van der Waals surface area (Å²) < 4.78 is 60.2. The standard InChI is InChI=1S/C28H38O19/c1-11(29)37-9-19-21(39-13(3)31)23(40-14(4)32)26(43-17(7)35)28(46-19)47-22-20(10-38-12(2)30)45-27(44-18(8)36)25(42-16(6)34)24(22)41-15(5)33/h19-28H,9-10H2,1-8H3/t19-,20-,21+,22-,23+,24+,25+,26-,27-,28+/m1/s1. The minimum Gasteiger partial charge on any atom is -0.463 e. The van der Waals surface area contributed by atoms with E-state index < -0.39 is 122 Å². The van der Waals surface area contributed by atoms with Crippen molar-refractivity contribution >= 4 is 47.8 Å². The van der Waals surface area contributed by atoms with E-state index in [4.69, 9.17) is 52.1 Å².